The fourth-order valence-electron chi connectivity index (χ4n) is 2.49. The summed E-state index contributed by atoms with van der Waals surface area (Å²) in [5.74, 6) is 1.04. The van der Waals surface area contributed by atoms with Gasteiger partial charge in [0.15, 0.2) is 5.82 Å². The molecule has 2 aromatic rings. The lowest BCUT2D eigenvalue weighted by Crippen LogP contribution is -2.24. The molecule has 1 aromatic heterocycles. The monoisotopic (exact) mass is 298 g/mol. The van der Waals surface area contributed by atoms with Gasteiger partial charge in [-0.25, -0.2) is 4.98 Å². The zero-order valence-electron chi connectivity index (χ0n) is 11.8. The van der Waals surface area contributed by atoms with Crippen molar-refractivity contribution < 1.29 is 4.79 Å². The summed E-state index contributed by atoms with van der Waals surface area (Å²) >= 11 is 1.41. The molecule has 2 heterocycles. The van der Waals surface area contributed by atoms with E-state index in [0.717, 1.165) is 11.0 Å². The van der Waals surface area contributed by atoms with Gasteiger partial charge in [0.05, 0.1) is 21.8 Å². The average molecular weight is 298 g/mol. The van der Waals surface area contributed by atoms with E-state index in [-0.39, 0.29) is 5.91 Å². The molecule has 0 unspecified atom stereocenters. The standard InChI is InChI=1S/C15H14N4OS/c1-3-19-13(20)9-21-15(19)10(8-16)14-17-11-6-4-5-7-12(11)18(14)2/h4-7H,3,9H2,1-2H3. The molecular formula is C15H14N4OS. The summed E-state index contributed by atoms with van der Waals surface area (Å²) < 4.78 is 1.90. The summed E-state index contributed by atoms with van der Waals surface area (Å²) in [6.07, 6.45) is 0. The minimum atomic E-state index is 0.0454. The second-order valence-electron chi connectivity index (χ2n) is 4.70. The molecule has 0 bridgehead atoms. The number of para-hydroxylation sites is 2. The molecule has 106 valence electrons. The summed E-state index contributed by atoms with van der Waals surface area (Å²) in [4.78, 5) is 18.1. The molecule has 1 amide bonds. The van der Waals surface area contributed by atoms with Crippen molar-refractivity contribution in [2.75, 3.05) is 12.3 Å². The number of nitrogens with zero attached hydrogens (tertiary/aromatic N) is 4. The minimum absolute atomic E-state index is 0.0454. The Morgan fingerprint density at radius 2 is 2.24 bits per heavy atom. The van der Waals surface area contributed by atoms with Crippen molar-refractivity contribution >= 4 is 34.3 Å². The number of carbonyl (C=O) groups is 1. The van der Waals surface area contributed by atoms with Crippen molar-refractivity contribution in [1.29, 1.82) is 5.26 Å². The third-order valence-corrected chi connectivity index (χ3v) is 4.62. The highest BCUT2D eigenvalue weighted by molar-refractivity contribution is 8.04. The molecule has 0 aliphatic carbocycles. The molecule has 1 saturated heterocycles. The zero-order chi connectivity index (χ0) is 15.0. The van der Waals surface area contributed by atoms with Crippen LogP contribution in [0.3, 0.4) is 0 Å². The van der Waals surface area contributed by atoms with Gasteiger partial charge in [-0.1, -0.05) is 23.9 Å². The van der Waals surface area contributed by atoms with Gasteiger partial charge < -0.3 is 9.47 Å². The molecule has 1 aromatic carbocycles. The SMILES string of the molecule is CCN1C(=O)CSC1=C(C#N)c1nc2ccccc2n1C. The summed E-state index contributed by atoms with van der Waals surface area (Å²) in [5.41, 5.74) is 2.28. The van der Waals surface area contributed by atoms with Crippen LogP contribution in [0.15, 0.2) is 29.3 Å². The number of amides is 1. The normalized spacial score (nSPS) is 17.4. The van der Waals surface area contributed by atoms with Crippen molar-refractivity contribution in [1.82, 2.24) is 14.5 Å². The van der Waals surface area contributed by atoms with Crippen molar-refractivity contribution in [3.8, 4) is 6.07 Å². The topological polar surface area (TPSA) is 61.9 Å². The van der Waals surface area contributed by atoms with Gasteiger partial charge in [0.1, 0.15) is 11.6 Å². The highest BCUT2D eigenvalue weighted by Crippen LogP contribution is 2.35. The number of hydrogen-bond acceptors (Lipinski definition) is 4. The number of aryl methyl sites for hydroxylation is 1. The molecule has 21 heavy (non-hydrogen) atoms. The highest BCUT2D eigenvalue weighted by Gasteiger charge is 2.30. The first-order valence-corrected chi connectivity index (χ1v) is 7.65. The van der Waals surface area contributed by atoms with E-state index in [4.69, 9.17) is 0 Å². The van der Waals surface area contributed by atoms with Gasteiger partial charge in [0.25, 0.3) is 0 Å². The van der Waals surface area contributed by atoms with Crippen LogP contribution in [0.25, 0.3) is 16.6 Å². The molecule has 0 saturated carbocycles. The zero-order valence-corrected chi connectivity index (χ0v) is 12.6. The smallest absolute Gasteiger partial charge is 0.237 e. The van der Waals surface area contributed by atoms with Crippen molar-refractivity contribution in [2.45, 2.75) is 6.92 Å². The molecule has 0 radical (unpaired) electrons. The lowest BCUT2D eigenvalue weighted by molar-refractivity contribution is -0.125. The first-order valence-electron chi connectivity index (χ1n) is 6.66. The number of hydrogen-bond donors (Lipinski definition) is 0. The number of fused-ring (bicyclic) bond motifs is 1. The molecule has 6 heteroatoms. The Labute approximate surface area is 126 Å². The molecule has 0 spiro atoms. The highest BCUT2D eigenvalue weighted by atomic mass is 32.2. The summed E-state index contributed by atoms with van der Waals surface area (Å²) in [6, 6.07) is 9.98. The predicted molar refractivity (Wildman–Crippen MR) is 83.1 cm³/mol. The van der Waals surface area contributed by atoms with Gasteiger partial charge in [-0.3, -0.25) is 4.79 Å². The van der Waals surface area contributed by atoms with Crippen LogP contribution >= 0.6 is 11.8 Å². The molecule has 3 rings (SSSR count). The first kappa shape index (κ1) is 13.7. The first-order chi connectivity index (χ1) is 10.2. The van der Waals surface area contributed by atoms with E-state index < -0.39 is 0 Å². The van der Waals surface area contributed by atoms with Crippen molar-refractivity contribution in [3.05, 3.63) is 35.1 Å². The Balaban J connectivity index is 2.22. The van der Waals surface area contributed by atoms with Gasteiger partial charge in [-0.2, -0.15) is 5.26 Å². The maximum atomic E-state index is 11.9. The van der Waals surface area contributed by atoms with E-state index in [1.54, 1.807) is 4.90 Å². The van der Waals surface area contributed by atoms with Gasteiger partial charge in [0, 0.05) is 13.6 Å². The fraction of sp³-hybridized carbons (Fsp3) is 0.267. The Hall–Kier alpha value is -2.26. The van der Waals surface area contributed by atoms with Gasteiger partial charge in [-0.15, -0.1) is 0 Å². The summed E-state index contributed by atoms with van der Waals surface area (Å²) in [6.45, 7) is 2.48. The number of benzene rings is 1. The Bertz CT molecular complexity index is 800. The van der Waals surface area contributed by atoms with Crippen molar-refractivity contribution in [3.63, 3.8) is 0 Å². The molecule has 1 aliphatic heterocycles. The van der Waals surface area contributed by atoms with E-state index in [1.807, 2.05) is 42.8 Å². The van der Waals surface area contributed by atoms with Crippen LogP contribution in [0.4, 0.5) is 0 Å². The number of allylic oxidation sites excluding steroid dienone is 1. The third-order valence-electron chi connectivity index (χ3n) is 3.53. The number of rotatable bonds is 2. The van der Waals surface area contributed by atoms with Crippen LogP contribution in [0.1, 0.15) is 12.7 Å². The van der Waals surface area contributed by atoms with Gasteiger partial charge in [0.2, 0.25) is 5.91 Å². The number of nitriles is 1. The molecule has 1 aliphatic rings. The lowest BCUT2D eigenvalue weighted by Gasteiger charge is -2.15. The van der Waals surface area contributed by atoms with Crippen LogP contribution in [0.2, 0.25) is 0 Å². The Kier molecular flexibility index (Phi) is 3.43. The van der Waals surface area contributed by atoms with Crippen LogP contribution in [0.5, 0.6) is 0 Å². The van der Waals surface area contributed by atoms with E-state index >= 15 is 0 Å². The number of thioether (sulfide) groups is 1. The average Bonchev–Trinajstić information content (AvgIpc) is 3.02. The largest absolute Gasteiger partial charge is 0.326 e. The Morgan fingerprint density at radius 1 is 1.48 bits per heavy atom. The van der Waals surface area contributed by atoms with Crippen LogP contribution in [-0.2, 0) is 11.8 Å². The number of carbonyl (C=O) groups excluding carboxylic acids is 1. The quantitative estimate of drug-likeness (QED) is 0.799. The predicted octanol–water partition coefficient (Wildman–Crippen LogP) is 2.36. The van der Waals surface area contributed by atoms with E-state index in [0.29, 0.717) is 28.7 Å². The lowest BCUT2D eigenvalue weighted by atomic mass is 10.3. The Morgan fingerprint density at radius 3 is 2.90 bits per heavy atom. The maximum Gasteiger partial charge on any atom is 0.237 e. The van der Waals surface area contributed by atoms with Crippen LogP contribution < -0.4 is 0 Å². The molecular weight excluding hydrogens is 284 g/mol. The van der Waals surface area contributed by atoms with Gasteiger partial charge >= 0.3 is 0 Å². The maximum absolute atomic E-state index is 11.9. The second-order valence-corrected chi connectivity index (χ2v) is 5.67. The summed E-state index contributed by atoms with van der Waals surface area (Å²) in [7, 11) is 1.89. The number of aromatic nitrogens is 2. The molecule has 0 atom stereocenters. The van der Waals surface area contributed by atoms with E-state index in [9.17, 15) is 10.1 Å². The van der Waals surface area contributed by atoms with Crippen LogP contribution in [-0.4, -0.2) is 32.7 Å². The van der Waals surface area contributed by atoms with Crippen LogP contribution in [0, 0.1) is 11.3 Å². The fourth-order valence-corrected chi connectivity index (χ4v) is 3.57. The molecule has 0 N–H and O–H groups in total. The molecule has 1 fully saturated rings. The van der Waals surface area contributed by atoms with Gasteiger partial charge in [-0.05, 0) is 19.1 Å². The van der Waals surface area contributed by atoms with E-state index in [2.05, 4.69) is 11.1 Å². The third kappa shape index (κ3) is 2.10. The van der Waals surface area contributed by atoms with Crippen molar-refractivity contribution in [2.24, 2.45) is 7.05 Å². The second kappa shape index (κ2) is 5.26. The molecule has 5 nitrogen and oxygen atoms in total. The number of imidazole rings is 1. The summed E-state index contributed by atoms with van der Waals surface area (Å²) in [5, 5.41) is 10.3. The minimum Gasteiger partial charge on any atom is -0.326 e. The van der Waals surface area contributed by atoms with E-state index in [1.165, 1.54) is 11.8 Å².